The van der Waals surface area contributed by atoms with E-state index in [9.17, 15) is 0 Å². The maximum absolute atomic E-state index is 4.86. The Hall–Kier alpha value is -0.500. The van der Waals surface area contributed by atoms with E-state index in [0.717, 1.165) is 10.8 Å². The van der Waals surface area contributed by atoms with Crippen LogP contribution in [0.2, 0.25) is 0 Å². The summed E-state index contributed by atoms with van der Waals surface area (Å²) in [6.45, 7) is 0. The summed E-state index contributed by atoms with van der Waals surface area (Å²) in [5, 5.41) is 3.11. The number of hydrogen-bond donors (Lipinski definition) is 0. The molecule has 1 aliphatic rings. The Morgan fingerprint density at radius 1 is 1.67 bits per heavy atom. The van der Waals surface area contributed by atoms with Crippen LogP contribution in [0.15, 0.2) is 11.4 Å². The second-order valence-electron chi connectivity index (χ2n) is 1.17. The van der Waals surface area contributed by atoms with Gasteiger partial charge < -0.3 is 4.74 Å². The topological polar surface area (TPSA) is 12.5 Å². The van der Waals surface area contributed by atoms with Crippen LogP contribution in [0.25, 0.3) is 0 Å². The van der Waals surface area contributed by atoms with Crippen LogP contribution in [0.3, 0.4) is 0 Å². The second kappa shape index (κ2) is 0.611. The molecule has 1 aromatic rings. The van der Waals surface area contributed by atoms with Crippen molar-refractivity contribution in [1.29, 1.82) is 0 Å². The minimum atomic E-state index is 1.07. The van der Waals surface area contributed by atoms with Gasteiger partial charge in [-0.15, -0.1) is 11.3 Å². The molecule has 6 heavy (non-hydrogen) atoms. The maximum Gasteiger partial charge on any atom is 0.223 e. The molecule has 0 unspecified atom stereocenters. The van der Waals surface area contributed by atoms with Crippen molar-refractivity contribution in [3.8, 4) is 10.8 Å². The highest BCUT2D eigenvalue weighted by Crippen LogP contribution is 2.49. The van der Waals surface area contributed by atoms with E-state index in [4.69, 9.17) is 4.74 Å². The average Bonchev–Trinajstić information content (AvgIpc) is 2.17. The first-order chi connectivity index (χ1) is 2.97. The molecule has 0 aliphatic carbocycles. The Labute approximate surface area is 39.2 Å². The van der Waals surface area contributed by atoms with Gasteiger partial charge in [-0.25, -0.2) is 0 Å². The molecule has 0 saturated carbocycles. The van der Waals surface area contributed by atoms with Crippen LogP contribution in [0.5, 0.6) is 10.8 Å². The first kappa shape index (κ1) is 2.64. The van der Waals surface area contributed by atoms with Crippen molar-refractivity contribution in [1.82, 2.24) is 0 Å². The number of hydrogen-bond acceptors (Lipinski definition) is 2. The van der Waals surface area contributed by atoms with Gasteiger partial charge in [0.15, 0.2) is 5.75 Å². The van der Waals surface area contributed by atoms with Crippen LogP contribution in [-0.4, -0.2) is 0 Å². The minimum absolute atomic E-state index is 1.07. The molecule has 0 bridgehead atoms. The first-order valence-electron chi connectivity index (χ1n) is 1.72. The first-order valence-corrected chi connectivity index (χ1v) is 2.60. The van der Waals surface area contributed by atoms with Gasteiger partial charge in [-0.1, -0.05) is 0 Å². The molecule has 0 atom stereocenters. The van der Waals surface area contributed by atoms with Crippen molar-refractivity contribution < 1.29 is 4.74 Å². The van der Waals surface area contributed by atoms with Gasteiger partial charge in [0.05, 0.1) is 0 Å². The second-order valence-corrected chi connectivity index (χ2v) is 2.05. The Balaban J connectivity index is 2.88. The Bertz CT molecular complexity index is 151. The van der Waals surface area contributed by atoms with Crippen molar-refractivity contribution in [3.05, 3.63) is 11.4 Å². The lowest BCUT2D eigenvalue weighted by Crippen LogP contribution is -1.41. The predicted molar refractivity (Wildman–Crippen MR) is 24.4 cm³/mol. The highest BCUT2D eigenvalue weighted by molar-refractivity contribution is 7.13. The van der Waals surface area contributed by atoms with Crippen molar-refractivity contribution in [3.63, 3.8) is 0 Å². The highest BCUT2D eigenvalue weighted by atomic mass is 32.1. The van der Waals surface area contributed by atoms with E-state index in [-0.39, 0.29) is 0 Å². The minimum Gasteiger partial charge on any atom is -0.438 e. The van der Waals surface area contributed by atoms with E-state index in [2.05, 4.69) is 0 Å². The number of thiophene rings is 1. The number of fused-ring (bicyclic) bond motifs is 1. The quantitative estimate of drug-likeness (QED) is 0.458. The molecular formula is C4H2OS. The third kappa shape index (κ3) is 0.165. The van der Waals surface area contributed by atoms with E-state index < -0.39 is 0 Å². The molecule has 0 N–H and O–H groups in total. The molecule has 0 amide bonds. The van der Waals surface area contributed by atoms with E-state index >= 15 is 0 Å². The van der Waals surface area contributed by atoms with Crippen molar-refractivity contribution in [2.45, 2.75) is 0 Å². The van der Waals surface area contributed by atoms with Gasteiger partial charge >= 0.3 is 0 Å². The zero-order valence-electron chi connectivity index (χ0n) is 2.97. The van der Waals surface area contributed by atoms with Crippen molar-refractivity contribution >= 4 is 11.3 Å². The molecule has 0 saturated heterocycles. The van der Waals surface area contributed by atoms with E-state index in [1.165, 1.54) is 0 Å². The predicted octanol–water partition coefficient (Wildman–Crippen LogP) is 1.85. The molecule has 2 rings (SSSR count). The van der Waals surface area contributed by atoms with Crippen LogP contribution in [0, 0.1) is 0 Å². The number of ether oxygens (including phenoxy) is 1. The Morgan fingerprint density at radius 3 is 2.83 bits per heavy atom. The molecular weight excluding hydrogens is 96.1 g/mol. The fourth-order valence-corrected chi connectivity index (χ4v) is 1.05. The van der Waals surface area contributed by atoms with E-state index in [0.29, 0.717) is 0 Å². The molecule has 0 spiro atoms. The lowest BCUT2D eigenvalue weighted by Gasteiger charge is -1.61. The fourth-order valence-electron chi connectivity index (χ4n) is 0.416. The molecule has 1 aromatic heterocycles. The normalized spacial score (nSPS) is 12.7. The Kier molecular flexibility index (Phi) is 0.268. The molecule has 30 valence electrons. The van der Waals surface area contributed by atoms with Gasteiger partial charge in [-0.2, -0.15) is 0 Å². The van der Waals surface area contributed by atoms with Crippen LogP contribution in [0.1, 0.15) is 0 Å². The van der Waals surface area contributed by atoms with Gasteiger partial charge in [-0.3, -0.25) is 0 Å². The molecule has 1 nitrogen and oxygen atoms in total. The van der Waals surface area contributed by atoms with Gasteiger partial charge in [0.2, 0.25) is 5.06 Å². The van der Waals surface area contributed by atoms with Gasteiger partial charge in [0.1, 0.15) is 0 Å². The zero-order chi connectivity index (χ0) is 3.98. The monoisotopic (exact) mass is 98.0 g/mol. The van der Waals surface area contributed by atoms with Crippen LogP contribution >= 0.6 is 11.3 Å². The largest absolute Gasteiger partial charge is 0.438 e. The maximum atomic E-state index is 4.86. The highest BCUT2D eigenvalue weighted by Gasteiger charge is 2.19. The van der Waals surface area contributed by atoms with E-state index in [1.54, 1.807) is 11.3 Å². The summed E-state index contributed by atoms with van der Waals surface area (Å²) in [6, 6.07) is 1.97. The van der Waals surface area contributed by atoms with Crippen LogP contribution < -0.4 is 4.74 Å². The standard InChI is InChI=1S/C4H2OS/c1-2-6-4-3(1)5-4/h1-2H. The van der Waals surface area contributed by atoms with Crippen molar-refractivity contribution in [2.24, 2.45) is 0 Å². The Morgan fingerprint density at radius 2 is 2.67 bits per heavy atom. The summed E-state index contributed by atoms with van der Waals surface area (Å²) >= 11 is 1.65. The van der Waals surface area contributed by atoms with Crippen molar-refractivity contribution in [2.75, 3.05) is 0 Å². The van der Waals surface area contributed by atoms with Gasteiger partial charge in [-0.05, 0) is 11.4 Å². The summed E-state index contributed by atoms with van der Waals surface area (Å²) in [5.74, 6) is 1.07. The van der Waals surface area contributed by atoms with Crippen LogP contribution in [-0.2, 0) is 0 Å². The third-order valence-electron chi connectivity index (χ3n) is 0.757. The third-order valence-corrected chi connectivity index (χ3v) is 1.53. The summed E-state index contributed by atoms with van der Waals surface area (Å²) in [7, 11) is 0. The molecule has 2 heteroatoms. The van der Waals surface area contributed by atoms with E-state index in [1.807, 2.05) is 11.4 Å². The van der Waals surface area contributed by atoms with Gasteiger partial charge in [0.25, 0.3) is 0 Å². The lowest BCUT2D eigenvalue weighted by atomic mass is 10.7. The molecule has 2 heterocycles. The fraction of sp³-hybridized carbons (Fsp3) is 0. The molecule has 0 radical (unpaired) electrons. The zero-order valence-corrected chi connectivity index (χ0v) is 3.79. The molecule has 0 aromatic carbocycles. The van der Waals surface area contributed by atoms with Gasteiger partial charge in [0, 0.05) is 0 Å². The summed E-state index contributed by atoms with van der Waals surface area (Å²) in [5.41, 5.74) is 0. The summed E-state index contributed by atoms with van der Waals surface area (Å²) in [4.78, 5) is 0. The molecule has 0 fully saturated rings. The number of rotatable bonds is 0. The smallest absolute Gasteiger partial charge is 0.223 e. The van der Waals surface area contributed by atoms with Crippen LogP contribution in [0.4, 0.5) is 0 Å². The SMILES string of the molecule is c1cc2c(s1)O2. The average molecular weight is 98.1 g/mol. The summed E-state index contributed by atoms with van der Waals surface area (Å²) in [6.07, 6.45) is 0. The lowest BCUT2D eigenvalue weighted by molar-refractivity contribution is 0.656. The summed E-state index contributed by atoms with van der Waals surface area (Å²) < 4.78 is 4.86. The molecule has 1 aliphatic heterocycles.